The highest BCUT2D eigenvalue weighted by Gasteiger charge is 2.35. The van der Waals surface area contributed by atoms with Gasteiger partial charge in [0.2, 0.25) is 11.8 Å². The number of nitrogens with one attached hydrogen (secondary N) is 1. The first-order valence-electron chi connectivity index (χ1n) is 8.66. The number of carbonyl (C=O) groups excluding carboxylic acids is 3. The van der Waals surface area contributed by atoms with Crippen LogP contribution in [-0.4, -0.2) is 37.7 Å². The van der Waals surface area contributed by atoms with Gasteiger partial charge >= 0.3 is 5.97 Å². The molecule has 9 heteroatoms. The SMILES string of the molecule is COC(=O)c1cc(NC(=O)C2CC(=O)N(c3ccc(SC)cc3)C2)c(F)cc1F. The fraction of sp³-hybridized carbons (Fsp3) is 0.250. The van der Waals surface area contributed by atoms with Crippen molar-refractivity contribution in [1.29, 1.82) is 0 Å². The molecule has 3 rings (SSSR count). The normalized spacial score (nSPS) is 16.1. The average Bonchev–Trinajstić information content (AvgIpc) is 3.11. The van der Waals surface area contributed by atoms with Crippen molar-refractivity contribution in [1.82, 2.24) is 0 Å². The van der Waals surface area contributed by atoms with Crippen molar-refractivity contribution >= 4 is 40.9 Å². The summed E-state index contributed by atoms with van der Waals surface area (Å²) in [6, 6.07) is 8.73. The number of esters is 1. The molecule has 2 amide bonds. The maximum absolute atomic E-state index is 14.0. The first-order valence-corrected chi connectivity index (χ1v) is 9.89. The van der Waals surface area contributed by atoms with Gasteiger partial charge in [0.05, 0.1) is 24.3 Å². The number of rotatable bonds is 5. The Hall–Kier alpha value is -2.94. The number of methoxy groups -OCH3 is 1. The van der Waals surface area contributed by atoms with E-state index >= 15 is 0 Å². The summed E-state index contributed by atoms with van der Waals surface area (Å²) in [5.41, 5.74) is -0.182. The van der Waals surface area contributed by atoms with E-state index in [-0.39, 0.29) is 24.6 Å². The van der Waals surface area contributed by atoms with Gasteiger partial charge in [-0.2, -0.15) is 0 Å². The van der Waals surface area contributed by atoms with Crippen LogP contribution in [0.25, 0.3) is 0 Å². The zero-order valence-corrected chi connectivity index (χ0v) is 16.5. The number of hydrogen-bond donors (Lipinski definition) is 1. The molecule has 1 fully saturated rings. The molecule has 1 N–H and O–H groups in total. The number of carbonyl (C=O) groups is 3. The Bertz CT molecular complexity index is 966. The first-order chi connectivity index (χ1) is 13.8. The molecule has 152 valence electrons. The largest absolute Gasteiger partial charge is 0.465 e. The summed E-state index contributed by atoms with van der Waals surface area (Å²) in [6.45, 7) is 0.135. The van der Waals surface area contributed by atoms with Crippen LogP contribution in [0, 0.1) is 17.6 Å². The van der Waals surface area contributed by atoms with E-state index in [1.807, 2.05) is 18.4 Å². The van der Waals surface area contributed by atoms with Crippen LogP contribution < -0.4 is 10.2 Å². The molecule has 0 saturated carbocycles. The first kappa shape index (κ1) is 20.8. The molecule has 2 aromatic carbocycles. The minimum absolute atomic E-state index is 0.0389. The van der Waals surface area contributed by atoms with Gasteiger partial charge in [-0.25, -0.2) is 13.6 Å². The fourth-order valence-corrected chi connectivity index (χ4v) is 3.45. The van der Waals surface area contributed by atoms with Gasteiger partial charge in [0.1, 0.15) is 11.6 Å². The van der Waals surface area contributed by atoms with Crippen molar-refractivity contribution in [2.45, 2.75) is 11.3 Å². The Balaban J connectivity index is 1.74. The van der Waals surface area contributed by atoms with Crippen molar-refractivity contribution in [3.63, 3.8) is 0 Å². The van der Waals surface area contributed by atoms with Crippen LogP contribution in [0.5, 0.6) is 0 Å². The van der Waals surface area contributed by atoms with E-state index in [1.54, 1.807) is 23.9 Å². The molecule has 0 aliphatic carbocycles. The van der Waals surface area contributed by atoms with Crippen LogP contribution >= 0.6 is 11.8 Å². The van der Waals surface area contributed by atoms with E-state index in [1.165, 1.54) is 4.90 Å². The van der Waals surface area contributed by atoms with Gasteiger partial charge in [0, 0.05) is 29.6 Å². The predicted molar refractivity (Wildman–Crippen MR) is 105 cm³/mol. The summed E-state index contributed by atoms with van der Waals surface area (Å²) in [5.74, 6) is -4.65. The van der Waals surface area contributed by atoms with E-state index in [9.17, 15) is 23.2 Å². The Labute approximate surface area is 170 Å². The second kappa shape index (κ2) is 8.60. The van der Waals surface area contributed by atoms with Gasteiger partial charge in [-0.1, -0.05) is 0 Å². The van der Waals surface area contributed by atoms with Gasteiger partial charge in [0.25, 0.3) is 0 Å². The second-order valence-electron chi connectivity index (χ2n) is 6.40. The van der Waals surface area contributed by atoms with Gasteiger partial charge < -0.3 is 15.0 Å². The van der Waals surface area contributed by atoms with Crippen molar-refractivity contribution in [3.05, 3.63) is 53.6 Å². The Kier molecular flexibility index (Phi) is 6.17. The van der Waals surface area contributed by atoms with Gasteiger partial charge in [-0.05, 0) is 36.6 Å². The molecule has 0 aromatic heterocycles. The van der Waals surface area contributed by atoms with Crippen LogP contribution in [0.2, 0.25) is 0 Å². The maximum atomic E-state index is 14.0. The minimum atomic E-state index is -1.09. The molecule has 1 aliphatic rings. The Morgan fingerprint density at radius 1 is 1.17 bits per heavy atom. The lowest BCUT2D eigenvalue weighted by molar-refractivity contribution is -0.122. The molecular weight excluding hydrogens is 402 g/mol. The van der Waals surface area contributed by atoms with Crippen molar-refractivity contribution in [3.8, 4) is 0 Å². The fourth-order valence-electron chi connectivity index (χ4n) is 3.04. The monoisotopic (exact) mass is 420 g/mol. The van der Waals surface area contributed by atoms with Crippen molar-refractivity contribution < 1.29 is 27.9 Å². The highest BCUT2D eigenvalue weighted by atomic mass is 32.2. The zero-order valence-electron chi connectivity index (χ0n) is 15.7. The molecule has 29 heavy (non-hydrogen) atoms. The molecular formula is C20H18F2N2O4S. The molecule has 0 bridgehead atoms. The molecule has 1 atom stereocenters. The summed E-state index contributed by atoms with van der Waals surface area (Å²) in [4.78, 5) is 39.0. The van der Waals surface area contributed by atoms with E-state index in [0.29, 0.717) is 11.8 Å². The van der Waals surface area contributed by atoms with E-state index in [0.717, 1.165) is 18.1 Å². The molecule has 2 aromatic rings. The van der Waals surface area contributed by atoms with Crippen LogP contribution in [0.3, 0.4) is 0 Å². The summed E-state index contributed by atoms with van der Waals surface area (Å²) >= 11 is 1.57. The van der Waals surface area contributed by atoms with Crippen molar-refractivity contribution in [2.75, 3.05) is 30.1 Å². The molecule has 0 spiro atoms. The highest BCUT2D eigenvalue weighted by molar-refractivity contribution is 7.98. The number of thioether (sulfide) groups is 1. The smallest absolute Gasteiger partial charge is 0.340 e. The topological polar surface area (TPSA) is 75.7 Å². The standard InChI is InChI=1S/C20H18F2N2O4S/c1-28-20(27)14-8-17(16(22)9-15(14)21)23-19(26)11-7-18(25)24(10-11)12-3-5-13(29-2)6-4-12/h3-6,8-9,11H,7,10H2,1-2H3,(H,23,26). The average molecular weight is 420 g/mol. The van der Waals surface area contributed by atoms with E-state index in [2.05, 4.69) is 10.1 Å². The number of anilines is 2. The number of nitrogens with zero attached hydrogens (tertiary/aromatic N) is 1. The molecule has 1 saturated heterocycles. The highest BCUT2D eigenvalue weighted by Crippen LogP contribution is 2.28. The third-order valence-corrected chi connectivity index (χ3v) is 5.34. The summed E-state index contributed by atoms with van der Waals surface area (Å²) in [5, 5.41) is 2.34. The Morgan fingerprint density at radius 3 is 2.48 bits per heavy atom. The van der Waals surface area contributed by atoms with Crippen LogP contribution in [0.4, 0.5) is 20.2 Å². The van der Waals surface area contributed by atoms with Gasteiger partial charge in [0.15, 0.2) is 0 Å². The lowest BCUT2D eigenvalue weighted by atomic mass is 10.1. The third-order valence-electron chi connectivity index (χ3n) is 4.60. The minimum Gasteiger partial charge on any atom is -0.465 e. The zero-order chi connectivity index (χ0) is 21.1. The molecule has 0 radical (unpaired) electrons. The quantitative estimate of drug-likeness (QED) is 0.592. The molecule has 1 aliphatic heterocycles. The number of hydrogen-bond acceptors (Lipinski definition) is 5. The molecule has 1 unspecified atom stereocenters. The van der Waals surface area contributed by atoms with E-state index in [4.69, 9.17) is 0 Å². The number of benzene rings is 2. The molecule has 6 nitrogen and oxygen atoms in total. The van der Waals surface area contributed by atoms with Crippen LogP contribution in [0.1, 0.15) is 16.8 Å². The van der Waals surface area contributed by atoms with Gasteiger partial charge in [-0.3, -0.25) is 9.59 Å². The number of halogens is 2. The summed E-state index contributed by atoms with van der Waals surface area (Å²) < 4.78 is 32.2. The summed E-state index contributed by atoms with van der Waals surface area (Å²) in [7, 11) is 1.06. The maximum Gasteiger partial charge on any atom is 0.340 e. The predicted octanol–water partition coefficient (Wildman–Crippen LogP) is 3.46. The van der Waals surface area contributed by atoms with E-state index < -0.39 is 35.0 Å². The van der Waals surface area contributed by atoms with Crippen molar-refractivity contribution in [2.24, 2.45) is 5.92 Å². The summed E-state index contributed by atoms with van der Waals surface area (Å²) in [6.07, 6.45) is 1.90. The lowest BCUT2D eigenvalue weighted by Gasteiger charge is -2.17. The van der Waals surface area contributed by atoms with Crippen LogP contribution in [-0.2, 0) is 14.3 Å². The number of amides is 2. The third kappa shape index (κ3) is 4.40. The lowest BCUT2D eigenvalue weighted by Crippen LogP contribution is -2.28. The Morgan fingerprint density at radius 2 is 1.86 bits per heavy atom. The molecule has 1 heterocycles. The van der Waals surface area contributed by atoms with Gasteiger partial charge in [-0.15, -0.1) is 11.8 Å². The van der Waals surface area contributed by atoms with Crippen LogP contribution in [0.15, 0.2) is 41.3 Å². The number of ether oxygens (including phenoxy) is 1. The second-order valence-corrected chi connectivity index (χ2v) is 7.28.